The standard InChI is InChI=1S/C15H12N4O/c16-8-10-1-3-11(4-2-10)9-18-15-19-13-7-12(17)5-6-14(13)20-15/h1-7H,9,17H2,(H,18,19). The Morgan fingerprint density at radius 3 is 2.75 bits per heavy atom. The van der Waals surface area contributed by atoms with Gasteiger partial charge < -0.3 is 15.5 Å². The normalized spacial score (nSPS) is 10.3. The first kappa shape index (κ1) is 12.1. The fourth-order valence-electron chi connectivity index (χ4n) is 1.89. The fourth-order valence-corrected chi connectivity index (χ4v) is 1.89. The van der Waals surface area contributed by atoms with Crippen LogP contribution in [0.3, 0.4) is 0 Å². The molecule has 5 heteroatoms. The number of nitrogen functional groups attached to an aromatic ring is 1. The Kier molecular flexibility index (Phi) is 2.98. The number of nitrogens with one attached hydrogen (secondary N) is 1. The van der Waals surface area contributed by atoms with Crippen LogP contribution in [0.4, 0.5) is 11.7 Å². The van der Waals surface area contributed by atoms with E-state index in [0.717, 1.165) is 11.1 Å². The molecule has 0 fully saturated rings. The molecule has 0 atom stereocenters. The molecule has 0 aliphatic rings. The zero-order valence-corrected chi connectivity index (χ0v) is 10.6. The summed E-state index contributed by atoms with van der Waals surface area (Å²) in [5.41, 5.74) is 9.47. The van der Waals surface area contributed by atoms with Gasteiger partial charge in [-0.2, -0.15) is 10.2 Å². The molecule has 0 saturated heterocycles. The summed E-state index contributed by atoms with van der Waals surface area (Å²) >= 11 is 0. The Balaban J connectivity index is 1.74. The second kappa shape index (κ2) is 4.94. The highest BCUT2D eigenvalue weighted by molar-refractivity contribution is 5.78. The van der Waals surface area contributed by atoms with Gasteiger partial charge in [0.25, 0.3) is 6.01 Å². The van der Waals surface area contributed by atoms with Crippen molar-refractivity contribution in [3.8, 4) is 6.07 Å². The van der Waals surface area contributed by atoms with Gasteiger partial charge in [0.05, 0.1) is 11.6 Å². The summed E-state index contributed by atoms with van der Waals surface area (Å²) in [5.74, 6) is 0. The van der Waals surface area contributed by atoms with E-state index < -0.39 is 0 Å². The van der Waals surface area contributed by atoms with Crippen molar-refractivity contribution >= 4 is 22.8 Å². The summed E-state index contributed by atoms with van der Waals surface area (Å²) in [5, 5.41) is 11.8. The highest BCUT2D eigenvalue weighted by atomic mass is 16.4. The first-order valence-corrected chi connectivity index (χ1v) is 6.13. The quantitative estimate of drug-likeness (QED) is 0.710. The Morgan fingerprint density at radius 2 is 2.00 bits per heavy atom. The zero-order chi connectivity index (χ0) is 13.9. The molecule has 0 aliphatic heterocycles. The number of nitrogens with zero attached hydrogens (tertiary/aromatic N) is 2. The maximum Gasteiger partial charge on any atom is 0.295 e. The minimum Gasteiger partial charge on any atom is -0.424 e. The van der Waals surface area contributed by atoms with Crippen LogP contribution < -0.4 is 11.1 Å². The first-order chi connectivity index (χ1) is 9.74. The van der Waals surface area contributed by atoms with Crippen molar-refractivity contribution in [2.45, 2.75) is 6.54 Å². The monoisotopic (exact) mass is 264 g/mol. The van der Waals surface area contributed by atoms with Crippen LogP contribution >= 0.6 is 0 Å². The van der Waals surface area contributed by atoms with Gasteiger partial charge in [0, 0.05) is 12.2 Å². The van der Waals surface area contributed by atoms with Crippen molar-refractivity contribution in [1.82, 2.24) is 4.98 Å². The minimum absolute atomic E-state index is 0.454. The molecule has 3 aromatic rings. The average molecular weight is 264 g/mol. The van der Waals surface area contributed by atoms with Crippen molar-refractivity contribution < 1.29 is 4.42 Å². The number of hydrogen-bond donors (Lipinski definition) is 2. The molecule has 0 amide bonds. The molecule has 3 rings (SSSR count). The third-order valence-corrected chi connectivity index (χ3v) is 2.94. The summed E-state index contributed by atoms with van der Waals surface area (Å²) in [7, 11) is 0. The molecule has 0 bridgehead atoms. The van der Waals surface area contributed by atoms with Gasteiger partial charge in [0.15, 0.2) is 5.58 Å². The molecular weight excluding hydrogens is 252 g/mol. The zero-order valence-electron chi connectivity index (χ0n) is 10.6. The SMILES string of the molecule is N#Cc1ccc(CNc2nc3cc(N)ccc3o2)cc1. The van der Waals surface area contributed by atoms with Crippen LogP contribution in [0, 0.1) is 11.3 Å². The van der Waals surface area contributed by atoms with E-state index in [-0.39, 0.29) is 0 Å². The van der Waals surface area contributed by atoms with Crippen molar-refractivity contribution in [3.63, 3.8) is 0 Å². The van der Waals surface area contributed by atoms with E-state index in [2.05, 4.69) is 16.4 Å². The first-order valence-electron chi connectivity index (χ1n) is 6.13. The van der Waals surface area contributed by atoms with Crippen LogP contribution in [-0.4, -0.2) is 4.98 Å². The lowest BCUT2D eigenvalue weighted by Crippen LogP contribution is -1.99. The molecule has 5 nitrogen and oxygen atoms in total. The van der Waals surface area contributed by atoms with E-state index in [0.29, 0.717) is 29.4 Å². The molecule has 0 saturated carbocycles. The second-order valence-electron chi connectivity index (χ2n) is 4.41. The predicted molar refractivity (Wildman–Crippen MR) is 76.9 cm³/mol. The average Bonchev–Trinajstić information content (AvgIpc) is 2.87. The topological polar surface area (TPSA) is 87.9 Å². The summed E-state index contributed by atoms with van der Waals surface area (Å²) in [6, 6.07) is 15.2. The van der Waals surface area contributed by atoms with Gasteiger partial charge in [-0.05, 0) is 35.9 Å². The molecule has 2 aromatic carbocycles. The number of anilines is 2. The van der Waals surface area contributed by atoms with Crippen molar-refractivity contribution in [1.29, 1.82) is 5.26 Å². The molecule has 98 valence electrons. The van der Waals surface area contributed by atoms with Crippen molar-refractivity contribution in [3.05, 3.63) is 53.6 Å². The number of nitriles is 1. The Bertz CT molecular complexity index is 784. The number of fused-ring (bicyclic) bond motifs is 1. The van der Waals surface area contributed by atoms with E-state index in [1.807, 2.05) is 12.1 Å². The number of nitrogens with two attached hydrogens (primary N) is 1. The van der Waals surface area contributed by atoms with E-state index in [1.165, 1.54) is 0 Å². The second-order valence-corrected chi connectivity index (χ2v) is 4.41. The molecule has 0 aliphatic carbocycles. The number of oxazole rings is 1. The summed E-state index contributed by atoms with van der Waals surface area (Å²) < 4.78 is 5.56. The van der Waals surface area contributed by atoms with Crippen molar-refractivity contribution in [2.24, 2.45) is 0 Å². The lowest BCUT2D eigenvalue weighted by molar-refractivity contribution is 0.614. The smallest absolute Gasteiger partial charge is 0.295 e. The Hall–Kier alpha value is -3.00. The molecule has 0 spiro atoms. The van der Waals surface area contributed by atoms with Crippen LogP contribution in [-0.2, 0) is 6.54 Å². The van der Waals surface area contributed by atoms with E-state index in [9.17, 15) is 0 Å². The number of hydrogen-bond acceptors (Lipinski definition) is 5. The van der Waals surface area contributed by atoms with E-state index in [4.69, 9.17) is 15.4 Å². The van der Waals surface area contributed by atoms with Gasteiger partial charge in [0.2, 0.25) is 0 Å². The molecular formula is C15H12N4O. The van der Waals surface area contributed by atoms with Gasteiger partial charge in [-0.1, -0.05) is 12.1 Å². The maximum absolute atomic E-state index is 8.74. The summed E-state index contributed by atoms with van der Waals surface area (Å²) in [6.45, 7) is 0.577. The predicted octanol–water partition coefficient (Wildman–Crippen LogP) is 2.89. The van der Waals surface area contributed by atoms with Gasteiger partial charge in [-0.15, -0.1) is 0 Å². The van der Waals surface area contributed by atoms with Crippen LogP contribution in [0.25, 0.3) is 11.1 Å². The van der Waals surface area contributed by atoms with Crippen LogP contribution in [0.5, 0.6) is 0 Å². The molecule has 0 radical (unpaired) electrons. The van der Waals surface area contributed by atoms with Gasteiger partial charge in [-0.25, -0.2) is 0 Å². The minimum atomic E-state index is 0.454. The third-order valence-electron chi connectivity index (χ3n) is 2.94. The molecule has 3 N–H and O–H groups in total. The number of benzene rings is 2. The molecule has 1 heterocycles. The number of aromatic nitrogens is 1. The van der Waals surface area contributed by atoms with Crippen molar-refractivity contribution in [2.75, 3.05) is 11.1 Å². The number of rotatable bonds is 3. The summed E-state index contributed by atoms with van der Waals surface area (Å²) in [4.78, 5) is 4.31. The largest absolute Gasteiger partial charge is 0.424 e. The highest BCUT2D eigenvalue weighted by Crippen LogP contribution is 2.21. The summed E-state index contributed by atoms with van der Waals surface area (Å²) in [6.07, 6.45) is 0. The van der Waals surface area contributed by atoms with E-state index >= 15 is 0 Å². The Morgan fingerprint density at radius 1 is 1.20 bits per heavy atom. The van der Waals surface area contributed by atoms with Gasteiger partial charge >= 0.3 is 0 Å². The lowest BCUT2D eigenvalue weighted by Gasteiger charge is -2.01. The van der Waals surface area contributed by atoms with Crippen LogP contribution in [0.1, 0.15) is 11.1 Å². The van der Waals surface area contributed by atoms with Crippen LogP contribution in [0.2, 0.25) is 0 Å². The molecule has 20 heavy (non-hydrogen) atoms. The third kappa shape index (κ3) is 2.40. The molecule has 1 aromatic heterocycles. The Labute approximate surface area is 115 Å². The fraction of sp³-hybridized carbons (Fsp3) is 0.0667. The van der Waals surface area contributed by atoms with E-state index in [1.54, 1.807) is 30.3 Å². The maximum atomic E-state index is 8.74. The van der Waals surface area contributed by atoms with Crippen LogP contribution in [0.15, 0.2) is 46.9 Å². The highest BCUT2D eigenvalue weighted by Gasteiger charge is 2.05. The van der Waals surface area contributed by atoms with Gasteiger partial charge in [0.1, 0.15) is 5.52 Å². The lowest BCUT2D eigenvalue weighted by atomic mass is 10.1. The van der Waals surface area contributed by atoms with Gasteiger partial charge in [-0.3, -0.25) is 0 Å². The molecule has 0 unspecified atom stereocenters.